The average molecular weight is 298 g/mol. The van der Waals surface area contributed by atoms with E-state index >= 15 is 0 Å². The third-order valence-corrected chi connectivity index (χ3v) is 4.46. The van der Waals surface area contributed by atoms with Crippen molar-refractivity contribution in [3.8, 4) is 0 Å². The van der Waals surface area contributed by atoms with E-state index in [-0.39, 0.29) is 12.1 Å². The average Bonchev–Trinajstić information content (AvgIpc) is 2.43. The van der Waals surface area contributed by atoms with Crippen LogP contribution in [0.2, 0.25) is 0 Å². The van der Waals surface area contributed by atoms with Crippen LogP contribution < -0.4 is 5.32 Å². The number of unbranched alkanes of at least 4 members (excludes halogenated alkanes) is 3. The van der Waals surface area contributed by atoms with Crippen LogP contribution in [0.1, 0.15) is 72.1 Å². The summed E-state index contributed by atoms with van der Waals surface area (Å²) in [5.41, 5.74) is -1.07. The van der Waals surface area contributed by atoms with Crippen LogP contribution in [-0.2, 0) is 4.79 Å². The first-order valence-electron chi connectivity index (χ1n) is 8.23. The van der Waals surface area contributed by atoms with Crippen molar-refractivity contribution in [2.24, 2.45) is 0 Å². The van der Waals surface area contributed by atoms with Crippen LogP contribution in [0.3, 0.4) is 0 Å². The molecule has 0 bridgehead atoms. The Balaban J connectivity index is 2.50. The summed E-state index contributed by atoms with van der Waals surface area (Å²) < 4.78 is 0. The molecular weight excluding hydrogens is 268 g/mol. The van der Waals surface area contributed by atoms with Crippen molar-refractivity contribution < 1.29 is 14.7 Å². The molecule has 1 rings (SSSR count). The zero-order chi connectivity index (χ0) is 15.9. The number of carboxylic acids is 1. The molecule has 0 aromatic carbocycles. The zero-order valence-corrected chi connectivity index (χ0v) is 13.7. The topological polar surface area (TPSA) is 69.6 Å². The number of likely N-dealkylation sites (tertiary alicyclic amines) is 1. The molecule has 122 valence electrons. The first kappa shape index (κ1) is 17.8. The molecule has 0 aromatic rings. The summed E-state index contributed by atoms with van der Waals surface area (Å²) in [5.74, 6) is -0.909. The molecule has 0 spiro atoms. The van der Waals surface area contributed by atoms with Gasteiger partial charge in [0.1, 0.15) is 5.54 Å². The van der Waals surface area contributed by atoms with Gasteiger partial charge in [0, 0.05) is 12.6 Å². The van der Waals surface area contributed by atoms with Crippen LogP contribution >= 0.6 is 0 Å². The molecule has 1 aliphatic heterocycles. The van der Waals surface area contributed by atoms with E-state index in [0.29, 0.717) is 13.0 Å². The number of rotatable bonds is 7. The molecular formula is C16H30N2O3. The highest BCUT2D eigenvalue weighted by atomic mass is 16.4. The lowest BCUT2D eigenvalue weighted by Gasteiger charge is -2.41. The summed E-state index contributed by atoms with van der Waals surface area (Å²) in [6.07, 6.45) is 7.93. The highest BCUT2D eigenvalue weighted by Gasteiger charge is 2.44. The molecule has 2 atom stereocenters. The fourth-order valence-corrected chi connectivity index (χ4v) is 2.91. The molecule has 5 nitrogen and oxygen atoms in total. The van der Waals surface area contributed by atoms with Crippen molar-refractivity contribution in [2.75, 3.05) is 6.54 Å². The largest absolute Gasteiger partial charge is 0.480 e. The van der Waals surface area contributed by atoms with Crippen LogP contribution in [0.4, 0.5) is 4.79 Å². The Morgan fingerprint density at radius 3 is 2.62 bits per heavy atom. The number of carbonyl (C=O) groups is 2. The predicted octanol–water partition coefficient (Wildman–Crippen LogP) is 3.38. The van der Waals surface area contributed by atoms with Gasteiger partial charge in [-0.2, -0.15) is 0 Å². The minimum atomic E-state index is -1.07. The van der Waals surface area contributed by atoms with E-state index in [0.717, 1.165) is 25.7 Å². The van der Waals surface area contributed by atoms with Gasteiger partial charge in [0.15, 0.2) is 0 Å². The second kappa shape index (κ2) is 8.25. The highest BCUT2D eigenvalue weighted by molar-refractivity contribution is 5.86. The van der Waals surface area contributed by atoms with Crippen molar-refractivity contribution in [1.82, 2.24) is 10.2 Å². The first-order valence-corrected chi connectivity index (χ1v) is 8.23. The SMILES string of the molecule is CCCCCCC(C)NC(=O)N1CCCCC1(C)C(=O)O. The quantitative estimate of drug-likeness (QED) is 0.708. The third-order valence-electron chi connectivity index (χ3n) is 4.46. The van der Waals surface area contributed by atoms with Gasteiger partial charge in [0.2, 0.25) is 0 Å². The maximum absolute atomic E-state index is 12.4. The number of carboxylic acid groups (broad SMARTS) is 1. The molecule has 5 heteroatoms. The van der Waals surface area contributed by atoms with Crippen LogP contribution in [0.15, 0.2) is 0 Å². The lowest BCUT2D eigenvalue weighted by molar-refractivity contribution is -0.150. The summed E-state index contributed by atoms with van der Waals surface area (Å²) in [4.78, 5) is 25.4. The number of amides is 2. The molecule has 1 heterocycles. The molecule has 2 amide bonds. The fraction of sp³-hybridized carbons (Fsp3) is 0.875. The Kier molecular flexibility index (Phi) is 6.99. The number of hydrogen-bond donors (Lipinski definition) is 2. The summed E-state index contributed by atoms with van der Waals surface area (Å²) >= 11 is 0. The van der Waals surface area contributed by atoms with Crippen molar-refractivity contribution in [3.63, 3.8) is 0 Å². The number of urea groups is 1. The number of carbonyl (C=O) groups excluding carboxylic acids is 1. The maximum Gasteiger partial charge on any atom is 0.329 e. The summed E-state index contributed by atoms with van der Waals surface area (Å²) in [6, 6.07) is -0.142. The second-order valence-electron chi connectivity index (χ2n) is 6.39. The zero-order valence-electron chi connectivity index (χ0n) is 13.7. The van der Waals surface area contributed by atoms with Crippen LogP contribution in [-0.4, -0.2) is 40.1 Å². The monoisotopic (exact) mass is 298 g/mol. The van der Waals surface area contributed by atoms with Crippen molar-refractivity contribution in [2.45, 2.75) is 83.7 Å². The lowest BCUT2D eigenvalue weighted by atomic mass is 9.89. The van der Waals surface area contributed by atoms with E-state index < -0.39 is 11.5 Å². The fourth-order valence-electron chi connectivity index (χ4n) is 2.91. The molecule has 1 aliphatic rings. The van der Waals surface area contributed by atoms with E-state index in [1.54, 1.807) is 6.92 Å². The second-order valence-corrected chi connectivity index (χ2v) is 6.39. The highest BCUT2D eigenvalue weighted by Crippen LogP contribution is 2.28. The Labute approximate surface area is 128 Å². The van der Waals surface area contributed by atoms with Crippen molar-refractivity contribution in [1.29, 1.82) is 0 Å². The molecule has 2 unspecified atom stereocenters. The van der Waals surface area contributed by atoms with Gasteiger partial charge in [-0.1, -0.05) is 32.6 Å². The van der Waals surface area contributed by atoms with E-state index in [1.165, 1.54) is 24.2 Å². The van der Waals surface area contributed by atoms with Gasteiger partial charge >= 0.3 is 12.0 Å². The smallest absolute Gasteiger partial charge is 0.329 e. The van der Waals surface area contributed by atoms with Gasteiger partial charge in [-0.15, -0.1) is 0 Å². The molecule has 0 aliphatic carbocycles. The van der Waals surface area contributed by atoms with Gasteiger partial charge in [-0.3, -0.25) is 0 Å². The van der Waals surface area contributed by atoms with Crippen molar-refractivity contribution in [3.05, 3.63) is 0 Å². The van der Waals surface area contributed by atoms with Gasteiger partial charge < -0.3 is 15.3 Å². The standard InChI is InChI=1S/C16H30N2O3/c1-4-5-6-7-10-13(2)17-15(21)18-12-9-8-11-16(18,3)14(19)20/h13H,4-12H2,1-3H3,(H,17,21)(H,19,20). The van der Waals surface area contributed by atoms with Gasteiger partial charge in [0.05, 0.1) is 0 Å². The van der Waals surface area contributed by atoms with Gasteiger partial charge in [0.25, 0.3) is 0 Å². The van der Waals surface area contributed by atoms with Crippen LogP contribution in [0.25, 0.3) is 0 Å². The number of piperidine rings is 1. The van der Waals surface area contributed by atoms with Gasteiger partial charge in [-0.05, 0) is 39.5 Å². The molecule has 2 N–H and O–H groups in total. The van der Waals surface area contributed by atoms with E-state index in [2.05, 4.69) is 12.2 Å². The predicted molar refractivity (Wildman–Crippen MR) is 83.4 cm³/mol. The molecule has 1 fully saturated rings. The maximum atomic E-state index is 12.4. The summed E-state index contributed by atoms with van der Waals surface area (Å²) in [7, 11) is 0. The Hall–Kier alpha value is -1.26. The Bertz CT molecular complexity index is 359. The lowest BCUT2D eigenvalue weighted by Crippen LogP contribution is -2.60. The van der Waals surface area contributed by atoms with Crippen molar-refractivity contribution >= 4 is 12.0 Å². The Morgan fingerprint density at radius 2 is 2.00 bits per heavy atom. The normalized spacial score (nSPS) is 23.7. The van der Waals surface area contributed by atoms with E-state index in [4.69, 9.17) is 0 Å². The number of hydrogen-bond acceptors (Lipinski definition) is 2. The Morgan fingerprint density at radius 1 is 1.29 bits per heavy atom. The number of aliphatic carboxylic acids is 1. The number of nitrogens with one attached hydrogen (secondary N) is 1. The van der Waals surface area contributed by atoms with Crippen LogP contribution in [0, 0.1) is 0 Å². The third kappa shape index (κ3) is 4.90. The summed E-state index contributed by atoms with van der Waals surface area (Å²) in [6.45, 7) is 6.34. The molecule has 0 radical (unpaired) electrons. The first-order chi connectivity index (χ1) is 9.91. The van der Waals surface area contributed by atoms with E-state index in [1.807, 2.05) is 6.92 Å². The minimum Gasteiger partial charge on any atom is -0.480 e. The van der Waals surface area contributed by atoms with Gasteiger partial charge in [-0.25, -0.2) is 9.59 Å². The molecule has 0 saturated carbocycles. The molecule has 21 heavy (non-hydrogen) atoms. The molecule has 1 saturated heterocycles. The minimum absolute atomic E-state index is 0.0920. The summed E-state index contributed by atoms with van der Waals surface area (Å²) in [5, 5.41) is 12.4. The number of nitrogens with zero attached hydrogens (tertiary/aromatic N) is 1. The van der Waals surface area contributed by atoms with Crippen LogP contribution in [0.5, 0.6) is 0 Å². The van der Waals surface area contributed by atoms with E-state index in [9.17, 15) is 14.7 Å². The molecule has 0 aromatic heterocycles.